The van der Waals surface area contributed by atoms with Crippen LogP contribution < -0.4 is 0 Å². The Balaban J connectivity index is 1.61. The molecule has 0 aromatic rings. The number of likely N-dealkylation sites (tertiary alicyclic amines) is 1. The van der Waals surface area contributed by atoms with Gasteiger partial charge in [0.25, 0.3) is 0 Å². The Hall–Kier alpha value is -0.810. The van der Waals surface area contributed by atoms with Crippen LogP contribution in [0.2, 0.25) is 0 Å². The van der Waals surface area contributed by atoms with Crippen LogP contribution in [-0.4, -0.2) is 104 Å². The molecule has 7 rings (SSSR count). The summed E-state index contributed by atoms with van der Waals surface area (Å²) >= 11 is 0. The SMILES string of the molecule is CCN1C[C@]2(C)CC[C@H](OC)[C@]34[C@@H]2[C@H](OC(C)=O)[C@@]2(OCO[C@@]25C[C@H](OC)[C@H]2C[C@]3(O)[C@@H]5[C@H]2OC)[C@@H]14. The highest BCUT2D eigenvalue weighted by molar-refractivity contribution is 5.67. The molecule has 9 nitrogen and oxygen atoms in total. The Morgan fingerprint density at radius 1 is 1.11 bits per heavy atom. The van der Waals surface area contributed by atoms with Gasteiger partial charge in [0, 0.05) is 59.0 Å². The molecule has 36 heavy (non-hydrogen) atoms. The van der Waals surface area contributed by atoms with E-state index in [-0.39, 0.29) is 60.3 Å². The van der Waals surface area contributed by atoms with Gasteiger partial charge >= 0.3 is 5.97 Å². The van der Waals surface area contributed by atoms with Crippen LogP contribution >= 0.6 is 0 Å². The normalized spacial score (nSPS) is 60.2. The predicted molar refractivity (Wildman–Crippen MR) is 126 cm³/mol. The standard InChI is InChI=1S/C27H41NO8/c1-7-28-12-23(3)9-8-17(32-5)26-20(23)21(36-14(2)29)27(22(26)28)25(34-13-35-27)11-16(31-4)15-10-24(26,30)19(25)18(15)33-6/h15-22,30H,7-13H2,1-6H3/t15-,16+,17+,18+,19+,20-,21+,22+,23+,24+,25-,26-,27-/m1/s1. The molecule has 1 N–H and O–H groups in total. The molecule has 0 unspecified atom stereocenters. The minimum atomic E-state index is -1.16. The number of carbonyl (C=O) groups excluding carboxylic acids is 1. The molecule has 3 spiro atoms. The van der Waals surface area contributed by atoms with Crippen molar-refractivity contribution in [3.8, 4) is 0 Å². The van der Waals surface area contributed by atoms with E-state index in [0.717, 1.165) is 25.9 Å². The lowest BCUT2D eigenvalue weighted by molar-refractivity contribution is -0.332. The molecular formula is C27H41NO8. The average molecular weight is 508 g/mol. The van der Waals surface area contributed by atoms with E-state index in [0.29, 0.717) is 12.8 Å². The zero-order valence-electron chi connectivity index (χ0n) is 22.3. The molecule has 2 aliphatic heterocycles. The van der Waals surface area contributed by atoms with E-state index >= 15 is 0 Å². The zero-order valence-corrected chi connectivity index (χ0v) is 22.3. The Bertz CT molecular complexity index is 979. The van der Waals surface area contributed by atoms with Gasteiger partial charge in [-0.1, -0.05) is 13.8 Å². The number of rotatable bonds is 5. The van der Waals surface area contributed by atoms with Crippen molar-refractivity contribution in [3.05, 3.63) is 0 Å². The number of hydrogen-bond donors (Lipinski definition) is 1. The van der Waals surface area contributed by atoms with Crippen LogP contribution in [0, 0.1) is 28.6 Å². The van der Waals surface area contributed by atoms with Gasteiger partial charge in [-0.3, -0.25) is 9.69 Å². The third-order valence-electron chi connectivity index (χ3n) is 12.2. The van der Waals surface area contributed by atoms with Crippen molar-refractivity contribution >= 4 is 5.97 Å². The summed E-state index contributed by atoms with van der Waals surface area (Å²) in [5.74, 6) is -0.771. The van der Waals surface area contributed by atoms with Crippen molar-refractivity contribution in [2.45, 2.75) is 93.7 Å². The molecule has 0 radical (unpaired) electrons. The molecule has 0 aromatic carbocycles. The second-order valence-corrected chi connectivity index (χ2v) is 12.9. The molecule has 9 heteroatoms. The highest BCUT2D eigenvalue weighted by Gasteiger charge is 2.97. The van der Waals surface area contributed by atoms with E-state index in [4.69, 9.17) is 28.4 Å². The summed E-state index contributed by atoms with van der Waals surface area (Å²) in [6.07, 6.45) is 1.69. The van der Waals surface area contributed by atoms with E-state index in [2.05, 4.69) is 18.7 Å². The van der Waals surface area contributed by atoms with Crippen molar-refractivity contribution < 1.29 is 38.3 Å². The number of fused-ring (bicyclic) bond motifs is 1. The monoisotopic (exact) mass is 507 g/mol. The second-order valence-electron chi connectivity index (χ2n) is 12.9. The summed E-state index contributed by atoms with van der Waals surface area (Å²) in [6.45, 7) is 7.72. The maximum Gasteiger partial charge on any atom is 0.303 e. The largest absolute Gasteiger partial charge is 0.459 e. The van der Waals surface area contributed by atoms with E-state index in [9.17, 15) is 9.90 Å². The van der Waals surface area contributed by atoms with Crippen LogP contribution in [0.5, 0.6) is 0 Å². The van der Waals surface area contributed by atoms with Gasteiger partial charge in [0.05, 0.1) is 35.4 Å². The van der Waals surface area contributed by atoms with Gasteiger partial charge in [-0.15, -0.1) is 0 Å². The first-order valence-corrected chi connectivity index (χ1v) is 13.7. The van der Waals surface area contributed by atoms with Crippen LogP contribution in [0.15, 0.2) is 0 Å². The summed E-state index contributed by atoms with van der Waals surface area (Å²) < 4.78 is 38.7. The number of methoxy groups -OCH3 is 3. The minimum absolute atomic E-state index is 0.0317. The molecule has 0 amide bonds. The molecular weight excluding hydrogens is 466 g/mol. The number of esters is 1. The predicted octanol–water partition coefficient (Wildman–Crippen LogP) is 1.35. The molecule has 7 fully saturated rings. The van der Waals surface area contributed by atoms with Gasteiger partial charge in [-0.2, -0.15) is 0 Å². The number of piperidine rings is 1. The number of carbonyl (C=O) groups is 1. The molecule has 13 atom stereocenters. The lowest BCUT2D eigenvalue weighted by Gasteiger charge is -2.71. The van der Waals surface area contributed by atoms with Crippen molar-refractivity contribution in [1.82, 2.24) is 4.90 Å². The van der Waals surface area contributed by atoms with Gasteiger partial charge in [0.15, 0.2) is 5.60 Å². The third kappa shape index (κ3) is 2.16. The zero-order chi connectivity index (χ0) is 25.5. The summed E-state index contributed by atoms with van der Waals surface area (Å²) in [5.41, 5.74) is -3.94. The number of likely N-dealkylation sites (N-methyl/N-ethyl adjacent to an activating group) is 1. The maximum atomic E-state index is 13.4. The number of nitrogens with zero attached hydrogens (tertiary/aromatic N) is 1. The fourth-order valence-electron chi connectivity index (χ4n) is 11.7. The van der Waals surface area contributed by atoms with Crippen molar-refractivity contribution in [2.75, 3.05) is 41.2 Å². The molecule has 2 saturated heterocycles. The third-order valence-corrected chi connectivity index (χ3v) is 12.2. The fraction of sp³-hybridized carbons (Fsp3) is 0.963. The van der Waals surface area contributed by atoms with Gasteiger partial charge in [0.2, 0.25) is 0 Å². The molecule has 202 valence electrons. The topological polar surface area (TPSA) is 95.9 Å². The van der Waals surface area contributed by atoms with Gasteiger partial charge in [-0.05, 0) is 31.2 Å². The number of aliphatic hydroxyl groups is 1. The van der Waals surface area contributed by atoms with Gasteiger partial charge in [0.1, 0.15) is 18.5 Å². The summed E-state index contributed by atoms with van der Waals surface area (Å²) in [4.78, 5) is 15.3. The Labute approximate surface area is 213 Å². The molecule has 5 aliphatic carbocycles. The summed E-state index contributed by atoms with van der Waals surface area (Å²) in [5, 5.41) is 13.4. The van der Waals surface area contributed by atoms with Crippen LogP contribution in [-0.2, 0) is 33.2 Å². The maximum absolute atomic E-state index is 13.4. The first-order chi connectivity index (χ1) is 17.2. The summed E-state index contributed by atoms with van der Waals surface area (Å²) in [6, 6.07) is -0.224. The van der Waals surface area contributed by atoms with E-state index in [1.54, 1.807) is 21.3 Å². The van der Waals surface area contributed by atoms with E-state index < -0.39 is 28.3 Å². The number of ether oxygens (including phenoxy) is 6. The minimum Gasteiger partial charge on any atom is -0.459 e. The quantitative estimate of drug-likeness (QED) is 0.553. The van der Waals surface area contributed by atoms with E-state index in [1.807, 2.05) is 0 Å². The molecule has 7 aliphatic rings. The van der Waals surface area contributed by atoms with Crippen LogP contribution in [0.1, 0.15) is 46.5 Å². The molecule has 5 saturated carbocycles. The average Bonchev–Trinajstić information content (AvgIpc) is 3.40. The van der Waals surface area contributed by atoms with Crippen LogP contribution in [0.4, 0.5) is 0 Å². The van der Waals surface area contributed by atoms with Crippen molar-refractivity contribution in [3.63, 3.8) is 0 Å². The van der Waals surface area contributed by atoms with Gasteiger partial charge in [-0.25, -0.2) is 0 Å². The van der Waals surface area contributed by atoms with E-state index in [1.165, 1.54) is 6.92 Å². The fourth-order valence-corrected chi connectivity index (χ4v) is 11.7. The Morgan fingerprint density at radius 2 is 1.89 bits per heavy atom. The lowest BCUT2D eigenvalue weighted by atomic mass is 9.41. The highest BCUT2D eigenvalue weighted by atomic mass is 16.7. The van der Waals surface area contributed by atoms with Crippen LogP contribution in [0.25, 0.3) is 0 Å². The first kappa shape index (κ1) is 24.2. The van der Waals surface area contributed by atoms with Crippen LogP contribution in [0.3, 0.4) is 0 Å². The van der Waals surface area contributed by atoms with Crippen molar-refractivity contribution in [2.24, 2.45) is 28.6 Å². The first-order valence-electron chi connectivity index (χ1n) is 13.7. The molecule has 2 heterocycles. The smallest absolute Gasteiger partial charge is 0.303 e. The Kier molecular flexibility index (Phi) is 4.87. The number of hydrogen-bond acceptors (Lipinski definition) is 9. The van der Waals surface area contributed by atoms with Gasteiger partial charge < -0.3 is 33.5 Å². The van der Waals surface area contributed by atoms with Crippen molar-refractivity contribution in [1.29, 1.82) is 0 Å². The lowest BCUT2D eigenvalue weighted by Crippen LogP contribution is -2.85. The molecule has 7 bridgehead atoms. The highest BCUT2D eigenvalue weighted by Crippen LogP contribution is 2.83. The molecule has 0 aromatic heterocycles. The Morgan fingerprint density at radius 3 is 2.53 bits per heavy atom. The second kappa shape index (κ2) is 7.23. The summed E-state index contributed by atoms with van der Waals surface area (Å²) in [7, 11) is 5.23.